The van der Waals surface area contributed by atoms with Crippen LogP contribution in [0.1, 0.15) is 16.5 Å². The van der Waals surface area contributed by atoms with Gasteiger partial charge in [-0.3, -0.25) is 4.79 Å². The van der Waals surface area contributed by atoms with Gasteiger partial charge < -0.3 is 10.2 Å². The summed E-state index contributed by atoms with van der Waals surface area (Å²) in [5.74, 6) is 0.170. The zero-order valence-corrected chi connectivity index (χ0v) is 14.4. The van der Waals surface area contributed by atoms with Crippen molar-refractivity contribution >= 4 is 41.3 Å². The maximum absolute atomic E-state index is 12.6. The minimum atomic E-state index is 0. The van der Waals surface area contributed by atoms with Crippen LogP contribution in [-0.2, 0) is 11.2 Å². The number of nitrogens with one attached hydrogen (secondary N) is 1. The standard InChI is InChI=1S/C16H17ClN2OS.ClH/c17-14-6-2-1-5-13(14)15-11-18-7-8-19(15)16(20)10-12-4-3-9-21-12;/h1-6,9,15,18H,7-8,10-11H2;1H. The number of amides is 1. The average Bonchev–Trinajstić information content (AvgIpc) is 3.01. The second-order valence-electron chi connectivity index (χ2n) is 5.08. The molecule has 1 aliphatic heterocycles. The summed E-state index contributed by atoms with van der Waals surface area (Å²) in [5, 5.41) is 6.08. The van der Waals surface area contributed by atoms with E-state index in [1.165, 1.54) is 0 Å². The predicted molar refractivity (Wildman–Crippen MR) is 94.0 cm³/mol. The Hall–Kier alpha value is -1.07. The molecule has 3 nitrogen and oxygen atoms in total. The molecule has 1 aromatic carbocycles. The molecule has 118 valence electrons. The van der Waals surface area contributed by atoms with E-state index in [1.54, 1.807) is 11.3 Å². The summed E-state index contributed by atoms with van der Waals surface area (Å²) in [5.41, 5.74) is 1.02. The minimum absolute atomic E-state index is 0. The van der Waals surface area contributed by atoms with Crippen LogP contribution in [-0.4, -0.2) is 30.4 Å². The van der Waals surface area contributed by atoms with Gasteiger partial charge in [0, 0.05) is 29.5 Å². The molecule has 1 fully saturated rings. The van der Waals surface area contributed by atoms with Crippen LogP contribution in [0.2, 0.25) is 5.02 Å². The van der Waals surface area contributed by atoms with Crippen molar-refractivity contribution in [2.45, 2.75) is 12.5 Å². The molecule has 6 heteroatoms. The fourth-order valence-electron chi connectivity index (χ4n) is 2.69. The first-order chi connectivity index (χ1) is 10.3. The zero-order valence-electron chi connectivity index (χ0n) is 12.0. The largest absolute Gasteiger partial charge is 0.333 e. The highest BCUT2D eigenvalue weighted by atomic mass is 35.5. The Balaban J connectivity index is 0.00000176. The number of hydrogen-bond acceptors (Lipinski definition) is 3. The van der Waals surface area contributed by atoms with Gasteiger partial charge in [-0.2, -0.15) is 0 Å². The lowest BCUT2D eigenvalue weighted by Gasteiger charge is -2.37. The van der Waals surface area contributed by atoms with E-state index in [4.69, 9.17) is 11.6 Å². The minimum Gasteiger partial charge on any atom is -0.333 e. The van der Waals surface area contributed by atoms with Gasteiger partial charge in [0.15, 0.2) is 0 Å². The predicted octanol–water partition coefficient (Wildman–Crippen LogP) is 3.54. The van der Waals surface area contributed by atoms with Crippen LogP contribution in [0.15, 0.2) is 41.8 Å². The maximum Gasteiger partial charge on any atom is 0.228 e. The van der Waals surface area contributed by atoms with Gasteiger partial charge >= 0.3 is 0 Å². The zero-order chi connectivity index (χ0) is 14.7. The highest BCUT2D eigenvalue weighted by Crippen LogP contribution is 2.29. The number of hydrogen-bond donors (Lipinski definition) is 1. The first-order valence-electron chi connectivity index (χ1n) is 7.02. The Bertz CT molecular complexity index is 618. The van der Waals surface area contributed by atoms with E-state index in [-0.39, 0.29) is 24.4 Å². The Morgan fingerprint density at radius 3 is 2.86 bits per heavy atom. The quantitative estimate of drug-likeness (QED) is 0.911. The summed E-state index contributed by atoms with van der Waals surface area (Å²) in [6.07, 6.45) is 0.471. The van der Waals surface area contributed by atoms with Gasteiger partial charge in [0.1, 0.15) is 0 Å². The number of halogens is 2. The van der Waals surface area contributed by atoms with Crippen LogP contribution in [0.5, 0.6) is 0 Å². The Kier molecular flexibility index (Phi) is 6.26. The SMILES string of the molecule is Cl.O=C(Cc1cccs1)N1CCNCC1c1ccccc1Cl. The van der Waals surface area contributed by atoms with Crippen LogP contribution in [0.3, 0.4) is 0 Å². The van der Waals surface area contributed by atoms with Crippen LogP contribution >= 0.6 is 35.3 Å². The Morgan fingerprint density at radius 2 is 2.14 bits per heavy atom. The molecule has 0 aliphatic carbocycles. The number of carbonyl (C=O) groups is 1. The van der Waals surface area contributed by atoms with Crippen molar-refractivity contribution in [2.24, 2.45) is 0 Å². The lowest BCUT2D eigenvalue weighted by atomic mass is 10.0. The van der Waals surface area contributed by atoms with E-state index >= 15 is 0 Å². The highest BCUT2D eigenvalue weighted by molar-refractivity contribution is 7.10. The average molecular weight is 357 g/mol. The third-order valence-electron chi connectivity index (χ3n) is 3.73. The van der Waals surface area contributed by atoms with Gasteiger partial charge in [-0.1, -0.05) is 35.9 Å². The smallest absolute Gasteiger partial charge is 0.228 e. The first-order valence-corrected chi connectivity index (χ1v) is 8.28. The maximum atomic E-state index is 12.6. The third-order valence-corrected chi connectivity index (χ3v) is 4.95. The van der Waals surface area contributed by atoms with Gasteiger partial charge in [-0.25, -0.2) is 0 Å². The number of benzene rings is 1. The lowest BCUT2D eigenvalue weighted by Crippen LogP contribution is -2.49. The molecule has 0 radical (unpaired) electrons. The van der Waals surface area contributed by atoms with Crippen LogP contribution in [0.4, 0.5) is 0 Å². The summed E-state index contributed by atoms with van der Waals surface area (Å²) >= 11 is 7.93. The van der Waals surface area contributed by atoms with Crippen molar-refractivity contribution < 1.29 is 4.79 Å². The highest BCUT2D eigenvalue weighted by Gasteiger charge is 2.29. The molecule has 0 bridgehead atoms. The van der Waals surface area contributed by atoms with Gasteiger partial charge in [-0.15, -0.1) is 23.7 Å². The molecule has 1 N–H and O–H groups in total. The molecule has 2 aromatic rings. The van der Waals surface area contributed by atoms with Crippen LogP contribution in [0, 0.1) is 0 Å². The van der Waals surface area contributed by atoms with Gasteiger partial charge in [0.25, 0.3) is 0 Å². The molecular weight excluding hydrogens is 339 g/mol. The fraction of sp³-hybridized carbons (Fsp3) is 0.312. The molecule has 0 spiro atoms. The Labute approximate surface area is 145 Å². The van der Waals surface area contributed by atoms with Crippen LogP contribution in [0.25, 0.3) is 0 Å². The molecule has 2 heterocycles. The third kappa shape index (κ3) is 3.82. The van der Waals surface area contributed by atoms with Crippen molar-refractivity contribution in [3.63, 3.8) is 0 Å². The number of thiophene rings is 1. The molecule has 22 heavy (non-hydrogen) atoms. The number of nitrogens with zero attached hydrogens (tertiary/aromatic N) is 1. The summed E-state index contributed by atoms with van der Waals surface area (Å²) in [6, 6.07) is 11.8. The monoisotopic (exact) mass is 356 g/mol. The van der Waals surface area contributed by atoms with Gasteiger partial charge in [0.2, 0.25) is 5.91 Å². The van der Waals surface area contributed by atoms with E-state index < -0.39 is 0 Å². The molecule has 1 aliphatic rings. The summed E-state index contributed by atoms with van der Waals surface area (Å²) < 4.78 is 0. The van der Waals surface area contributed by atoms with E-state index in [1.807, 2.05) is 46.7 Å². The summed E-state index contributed by atoms with van der Waals surface area (Å²) in [4.78, 5) is 15.7. The van der Waals surface area contributed by atoms with Crippen molar-refractivity contribution in [3.05, 3.63) is 57.2 Å². The first kappa shape index (κ1) is 17.3. The van der Waals surface area contributed by atoms with E-state index in [9.17, 15) is 4.79 Å². The molecule has 1 unspecified atom stereocenters. The van der Waals surface area contributed by atoms with Gasteiger partial charge in [-0.05, 0) is 23.1 Å². The Morgan fingerprint density at radius 1 is 1.32 bits per heavy atom. The van der Waals surface area contributed by atoms with Crippen molar-refractivity contribution in [1.82, 2.24) is 10.2 Å². The molecule has 1 saturated heterocycles. The topological polar surface area (TPSA) is 32.3 Å². The van der Waals surface area contributed by atoms with Crippen LogP contribution < -0.4 is 5.32 Å². The van der Waals surface area contributed by atoms with Gasteiger partial charge in [0.05, 0.1) is 12.5 Å². The molecule has 0 saturated carbocycles. The molecule has 1 aromatic heterocycles. The second-order valence-corrected chi connectivity index (χ2v) is 6.52. The number of piperazine rings is 1. The van der Waals surface area contributed by atoms with E-state index in [0.717, 1.165) is 35.1 Å². The summed E-state index contributed by atoms with van der Waals surface area (Å²) in [7, 11) is 0. The molecule has 3 rings (SSSR count). The molecule has 1 atom stereocenters. The van der Waals surface area contributed by atoms with Crippen molar-refractivity contribution in [1.29, 1.82) is 0 Å². The van der Waals surface area contributed by atoms with E-state index in [2.05, 4.69) is 5.32 Å². The van der Waals surface area contributed by atoms with E-state index in [0.29, 0.717) is 6.42 Å². The summed E-state index contributed by atoms with van der Waals surface area (Å²) in [6.45, 7) is 2.30. The number of rotatable bonds is 3. The fourth-order valence-corrected chi connectivity index (χ4v) is 3.65. The number of carbonyl (C=O) groups excluding carboxylic acids is 1. The van der Waals surface area contributed by atoms with Crippen molar-refractivity contribution in [2.75, 3.05) is 19.6 Å². The van der Waals surface area contributed by atoms with Crippen molar-refractivity contribution in [3.8, 4) is 0 Å². The molecular formula is C16H18Cl2N2OS. The molecule has 1 amide bonds. The lowest BCUT2D eigenvalue weighted by molar-refractivity contribution is -0.133. The second kappa shape index (κ2) is 7.97. The normalized spacial score (nSPS) is 17.9.